The minimum atomic E-state index is 0.851. The Balaban J connectivity index is 2.05. The third-order valence-electron chi connectivity index (χ3n) is 3.10. The summed E-state index contributed by atoms with van der Waals surface area (Å²) in [5, 5.41) is 3.32. The van der Waals surface area contributed by atoms with Crippen molar-refractivity contribution in [3.63, 3.8) is 0 Å². The zero-order valence-corrected chi connectivity index (χ0v) is 9.81. The highest BCUT2D eigenvalue weighted by atomic mass is 16.5. The molecule has 0 atom stereocenters. The van der Waals surface area contributed by atoms with Gasteiger partial charge in [0.25, 0.3) is 0 Å². The number of fused-ring (bicyclic) bond motifs is 1. The zero-order valence-electron chi connectivity index (χ0n) is 9.81. The molecule has 0 fully saturated rings. The fourth-order valence-corrected chi connectivity index (χ4v) is 2.21. The molecular formula is C13H15N3O. The van der Waals surface area contributed by atoms with Crippen molar-refractivity contribution < 1.29 is 4.74 Å². The molecule has 88 valence electrons. The molecule has 0 amide bonds. The molecule has 0 saturated heterocycles. The quantitative estimate of drug-likeness (QED) is 0.851. The second-order valence-electron chi connectivity index (χ2n) is 4.12. The molecule has 0 bridgehead atoms. The number of hydrogen-bond donors (Lipinski definition) is 1. The first-order valence-electron chi connectivity index (χ1n) is 5.78. The topological polar surface area (TPSA) is 39.1 Å². The van der Waals surface area contributed by atoms with Gasteiger partial charge in [0.05, 0.1) is 25.5 Å². The van der Waals surface area contributed by atoms with Crippen LogP contribution in [0.1, 0.15) is 5.82 Å². The van der Waals surface area contributed by atoms with E-state index in [1.54, 1.807) is 7.11 Å². The summed E-state index contributed by atoms with van der Waals surface area (Å²) in [5.41, 5.74) is 2.32. The second kappa shape index (κ2) is 4.22. The monoisotopic (exact) mass is 229 g/mol. The average Bonchev–Trinajstić information content (AvgIpc) is 2.82. The maximum atomic E-state index is 5.25. The Bertz CT molecular complexity index is 533. The van der Waals surface area contributed by atoms with Gasteiger partial charge in [0.15, 0.2) is 0 Å². The smallest absolute Gasteiger partial charge is 0.123 e. The first kappa shape index (κ1) is 10.4. The number of hydrogen-bond acceptors (Lipinski definition) is 3. The fourth-order valence-electron chi connectivity index (χ4n) is 2.21. The summed E-state index contributed by atoms with van der Waals surface area (Å²) in [6, 6.07) is 8.11. The van der Waals surface area contributed by atoms with E-state index in [1.165, 1.54) is 5.69 Å². The highest BCUT2D eigenvalue weighted by molar-refractivity contribution is 5.61. The molecule has 2 aromatic rings. The number of benzene rings is 1. The molecule has 0 aliphatic carbocycles. The van der Waals surface area contributed by atoms with Crippen LogP contribution in [0.3, 0.4) is 0 Å². The van der Waals surface area contributed by atoms with Crippen molar-refractivity contribution in [3.05, 3.63) is 36.3 Å². The number of methoxy groups -OCH3 is 1. The predicted molar refractivity (Wildman–Crippen MR) is 65.9 cm³/mol. The van der Waals surface area contributed by atoms with Crippen LogP contribution in [0.25, 0.3) is 11.3 Å². The van der Waals surface area contributed by atoms with Crippen LogP contribution in [0.2, 0.25) is 0 Å². The van der Waals surface area contributed by atoms with Crippen LogP contribution in [0, 0.1) is 0 Å². The molecule has 3 rings (SSSR count). The van der Waals surface area contributed by atoms with E-state index in [0.29, 0.717) is 0 Å². The molecule has 1 aliphatic rings. The molecule has 2 heterocycles. The fraction of sp³-hybridized carbons (Fsp3) is 0.308. The Morgan fingerprint density at radius 1 is 1.41 bits per heavy atom. The molecule has 0 unspecified atom stereocenters. The lowest BCUT2D eigenvalue weighted by Gasteiger charge is -2.17. The van der Waals surface area contributed by atoms with Crippen molar-refractivity contribution in [1.82, 2.24) is 14.9 Å². The Morgan fingerprint density at radius 3 is 3.24 bits per heavy atom. The SMILES string of the molecule is COc1cccc(-c2cnc3n2CCNC3)c1. The molecule has 4 heteroatoms. The van der Waals surface area contributed by atoms with Gasteiger partial charge in [-0.15, -0.1) is 0 Å². The highest BCUT2D eigenvalue weighted by Gasteiger charge is 2.14. The molecule has 4 nitrogen and oxygen atoms in total. The van der Waals surface area contributed by atoms with Gasteiger partial charge in [-0.2, -0.15) is 0 Å². The normalized spacial score (nSPS) is 14.4. The van der Waals surface area contributed by atoms with E-state index < -0.39 is 0 Å². The van der Waals surface area contributed by atoms with E-state index in [0.717, 1.165) is 36.8 Å². The number of aromatic nitrogens is 2. The third kappa shape index (κ3) is 1.80. The second-order valence-corrected chi connectivity index (χ2v) is 4.12. The van der Waals surface area contributed by atoms with E-state index >= 15 is 0 Å². The summed E-state index contributed by atoms with van der Waals surface area (Å²) < 4.78 is 7.52. The average molecular weight is 229 g/mol. The lowest BCUT2D eigenvalue weighted by atomic mass is 10.1. The van der Waals surface area contributed by atoms with E-state index in [-0.39, 0.29) is 0 Å². The molecule has 0 saturated carbocycles. The van der Waals surface area contributed by atoms with E-state index in [2.05, 4.69) is 20.9 Å². The van der Waals surface area contributed by atoms with Crippen LogP contribution in [0.4, 0.5) is 0 Å². The molecule has 1 N–H and O–H groups in total. The maximum Gasteiger partial charge on any atom is 0.123 e. The van der Waals surface area contributed by atoms with Gasteiger partial charge in [-0.1, -0.05) is 12.1 Å². The first-order valence-corrected chi connectivity index (χ1v) is 5.78. The maximum absolute atomic E-state index is 5.25. The summed E-state index contributed by atoms with van der Waals surface area (Å²) in [6.45, 7) is 2.83. The van der Waals surface area contributed by atoms with Gasteiger partial charge in [0.2, 0.25) is 0 Å². The number of nitrogens with one attached hydrogen (secondary N) is 1. The molecule has 1 aliphatic heterocycles. The van der Waals surface area contributed by atoms with E-state index in [4.69, 9.17) is 4.74 Å². The van der Waals surface area contributed by atoms with Crippen LogP contribution < -0.4 is 10.1 Å². The first-order chi connectivity index (χ1) is 8.38. The number of rotatable bonds is 2. The van der Waals surface area contributed by atoms with Gasteiger partial charge < -0.3 is 14.6 Å². The molecule has 0 radical (unpaired) electrons. The van der Waals surface area contributed by atoms with Gasteiger partial charge in [0.1, 0.15) is 11.6 Å². The third-order valence-corrected chi connectivity index (χ3v) is 3.10. The van der Waals surface area contributed by atoms with Crippen molar-refractivity contribution in [2.75, 3.05) is 13.7 Å². The van der Waals surface area contributed by atoms with Crippen molar-refractivity contribution in [2.45, 2.75) is 13.1 Å². The number of imidazole rings is 1. The number of nitrogens with zero attached hydrogens (tertiary/aromatic N) is 2. The summed E-state index contributed by atoms with van der Waals surface area (Å²) >= 11 is 0. The van der Waals surface area contributed by atoms with Gasteiger partial charge >= 0.3 is 0 Å². The molecular weight excluding hydrogens is 214 g/mol. The summed E-state index contributed by atoms with van der Waals surface area (Å²) in [6.07, 6.45) is 1.94. The molecule has 1 aromatic heterocycles. The van der Waals surface area contributed by atoms with Crippen LogP contribution in [0.15, 0.2) is 30.5 Å². The Hall–Kier alpha value is -1.81. The van der Waals surface area contributed by atoms with Crippen molar-refractivity contribution >= 4 is 0 Å². The van der Waals surface area contributed by atoms with Gasteiger partial charge in [-0.25, -0.2) is 4.98 Å². The molecule has 17 heavy (non-hydrogen) atoms. The van der Waals surface area contributed by atoms with Crippen LogP contribution >= 0.6 is 0 Å². The molecule has 0 spiro atoms. The van der Waals surface area contributed by atoms with E-state index in [9.17, 15) is 0 Å². The summed E-state index contributed by atoms with van der Waals surface area (Å²) in [7, 11) is 1.69. The highest BCUT2D eigenvalue weighted by Crippen LogP contribution is 2.25. The zero-order chi connectivity index (χ0) is 11.7. The van der Waals surface area contributed by atoms with Gasteiger partial charge in [0, 0.05) is 18.7 Å². The van der Waals surface area contributed by atoms with Crippen LogP contribution in [0.5, 0.6) is 5.75 Å². The minimum absolute atomic E-state index is 0.851. The minimum Gasteiger partial charge on any atom is -0.497 e. The van der Waals surface area contributed by atoms with Crippen LogP contribution in [-0.4, -0.2) is 23.2 Å². The summed E-state index contributed by atoms with van der Waals surface area (Å²) in [5.74, 6) is 1.99. The van der Waals surface area contributed by atoms with Crippen LogP contribution in [-0.2, 0) is 13.1 Å². The lowest BCUT2D eigenvalue weighted by molar-refractivity contribution is 0.415. The standard InChI is InChI=1S/C13H15N3O/c1-17-11-4-2-3-10(7-11)12-8-15-13-9-14-5-6-16(12)13/h2-4,7-8,14H,5-6,9H2,1H3. The van der Waals surface area contributed by atoms with Gasteiger partial charge in [-0.3, -0.25) is 0 Å². The molecule has 1 aromatic carbocycles. The Morgan fingerprint density at radius 2 is 2.35 bits per heavy atom. The largest absolute Gasteiger partial charge is 0.497 e. The van der Waals surface area contributed by atoms with Crippen molar-refractivity contribution in [3.8, 4) is 17.0 Å². The van der Waals surface area contributed by atoms with Gasteiger partial charge in [-0.05, 0) is 12.1 Å². The predicted octanol–water partition coefficient (Wildman–Crippen LogP) is 1.66. The Kier molecular flexibility index (Phi) is 2.57. The van der Waals surface area contributed by atoms with Crippen molar-refractivity contribution in [1.29, 1.82) is 0 Å². The Labute approximate surface area is 100 Å². The number of ether oxygens (including phenoxy) is 1. The van der Waals surface area contributed by atoms with Crippen molar-refractivity contribution in [2.24, 2.45) is 0 Å². The van der Waals surface area contributed by atoms with E-state index in [1.807, 2.05) is 24.4 Å². The lowest BCUT2D eigenvalue weighted by Crippen LogP contribution is -2.28. The summed E-state index contributed by atoms with van der Waals surface area (Å²) in [4.78, 5) is 4.45.